The number of rotatable bonds is 6. The summed E-state index contributed by atoms with van der Waals surface area (Å²) in [5.74, 6) is 0. The first-order valence-electron chi connectivity index (χ1n) is 9.92. The zero-order valence-electron chi connectivity index (χ0n) is 17.8. The maximum atomic E-state index is 13.7. The van der Waals surface area contributed by atoms with Gasteiger partial charge in [-0.3, -0.25) is 4.90 Å². The number of hydrogen-bond donors (Lipinski definition) is 0. The van der Waals surface area contributed by atoms with E-state index in [4.69, 9.17) is 0 Å². The Morgan fingerprint density at radius 3 is 2.24 bits per heavy atom. The van der Waals surface area contributed by atoms with Crippen LogP contribution in [0.4, 0.5) is 0 Å². The molecule has 3 rings (SSSR count). The molecule has 1 aliphatic rings. The van der Waals surface area contributed by atoms with Crippen molar-refractivity contribution in [2.75, 3.05) is 14.1 Å². The van der Waals surface area contributed by atoms with Gasteiger partial charge in [0.2, 0.25) is 5.66 Å². The van der Waals surface area contributed by atoms with Crippen LogP contribution in [0.15, 0.2) is 66.8 Å². The maximum absolute atomic E-state index is 13.7. The molecule has 0 aliphatic heterocycles. The molecule has 0 N–H and O–H groups in total. The van der Waals surface area contributed by atoms with Crippen LogP contribution < -0.4 is 0 Å². The van der Waals surface area contributed by atoms with Crippen LogP contribution in [0.25, 0.3) is 0 Å². The molecule has 2 aromatic rings. The third-order valence-electron chi connectivity index (χ3n) is 5.81. The Hall–Kier alpha value is -2.35. The Bertz CT molecular complexity index is 968. The normalized spacial score (nSPS) is 21.4. The van der Waals surface area contributed by atoms with Crippen molar-refractivity contribution < 1.29 is 9.36 Å². The van der Waals surface area contributed by atoms with Crippen LogP contribution in [0, 0.1) is 20.8 Å². The second-order valence-corrected chi connectivity index (χ2v) is 9.76. The predicted molar refractivity (Wildman–Crippen MR) is 121 cm³/mol. The Morgan fingerprint density at radius 2 is 1.66 bits per heavy atom. The van der Waals surface area contributed by atoms with Gasteiger partial charge in [0.1, 0.15) is 0 Å². The van der Waals surface area contributed by atoms with Crippen LogP contribution in [0.3, 0.4) is 0 Å². The summed E-state index contributed by atoms with van der Waals surface area (Å²) in [4.78, 5) is 15.5. The zero-order chi connectivity index (χ0) is 21.2. The predicted octanol–water partition coefficient (Wildman–Crippen LogP) is 5.62. The van der Waals surface area contributed by atoms with Crippen LogP contribution >= 0.6 is 7.80 Å². The second kappa shape index (κ2) is 8.57. The van der Waals surface area contributed by atoms with Crippen molar-refractivity contribution in [3.8, 4) is 0 Å². The molecule has 29 heavy (non-hydrogen) atoms. The molecule has 0 amide bonds. The number of aryl methyl sites for hydroxylation is 3. The summed E-state index contributed by atoms with van der Waals surface area (Å²) in [6.07, 6.45) is 8.63. The quantitative estimate of drug-likeness (QED) is 0.585. The fourth-order valence-electron chi connectivity index (χ4n) is 4.35. The van der Waals surface area contributed by atoms with E-state index in [9.17, 15) is 9.36 Å². The van der Waals surface area contributed by atoms with E-state index in [-0.39, 0.29) is 5.52 Å². The van der Waals surface area contributed by atoms with Crippen LogP contribution in [0.2, 0.25) is 0 Å². The summed E-state index contributed by atoms with van der Waals surface area (Å²) in [5, 5.41) is 0. The van der Waals surface area contributed by atoms with Crippen molar-refractivity contribution in [3.63, 3.8) is 0 Å². The van der Waals surface area contributed by atoms with Gasteiger partial charge in [0.05, 0.1) is 11.1 Å². The highest BCUT2D eigenvalue weighted by Crippen LogP contribution is 2.46. The van der Waals surface area contributed by atoms with Gasteiger partial charge in [-0.1, -0.05) is 70.8 Å². The van der Waals surface area contributed by atoms with E-state index < -0.39 is 19.0 Å². The van der Waals surface area contributed by atoms with E-state index in [0.29, 0.717) is 12.0 Å². The van der Waals surface area contributed by atoms with E-state index in [2.05, 4.69) is 23.1 Å². The highest BCUT2D eigenvalue weighted by atomic mass is 31.1. The Morgan fingerprint density at radius 1 is 1.03 bits per heavy atom. The Kier molecular flexibility index (Phi) is 6.31. The van der Waals surface area contributed by atoms with E-state index in [1.807, 2.05) is 83.4 Å². The van der Waals surface area contributed by atoms with Crippen molar-refractivity contribution in [1.29, 1.82) is 0 Å². The summed E-state index contributed by atoms with van der Waals surface area (Å²) >= 11 is 0. The zero-order valence-corrected chi connectivity index (χ0v) is 18.7. The van der Waals surface area contributed by atoms with Gasteiger partial charge in [0.25, 0.3) is 0 Å². The lowest BCUT2D eigenvalue weighted by atomic mass is 9.83. The largest absolute Gasteiger partial charge is 0.429 e. The minimum Gasteiger partial charge on any atom is -0.296 e. The molecule has 2 aromatic carbocycles. The molecule has 0 aromatic heterocycles. The molecule has 1 aliphatic carbocycles. The van der Waals surface area contributed by atoms with Gasteiger partial charge in [-0.15, -0.1) is 0 Å². The molecular weight excluding hydrogens is 377 g/mol. The van der Waals surface area contributed by atoms with Crippen molar-refractivity contribution in [1.82, 2.24) is 4.90 Å². The first-order chi connectivity index (χ1) is 13.8. The fraction of sp³-hybridized carbons (Fsp3) is 0.320. The number of allylic oxidation sites excluding steroid dienone is 2. The van der Waals surface area contributed by atoms with Gasteiger partial charge in [-0.05, 0) is 64.1 Å². The Labute approximate surface area is 174 Å². The molecule has 150 valence electrons. The average molecular weight is 406 g/mol. The summed E-state index contributed by atoms with van der Waals surface area (Å²) < 4.78 is 13.7. The lowest BCUT2D eigenvalue weighted by molar-refractivity contribution is 0.107. The van der Waals surface area contributed by atoms with Crippen LogP contribution in [-0.2, 0) is 11.0 Å². The van der Waals surface area contributed by atoms with Gasteiger partial charge in [0, 0.05) is 0 Å². The van der Waals surface area contributed by atoms with E-state index in [1.165, 1.54) is 0 Å². The maximum Gasteiger partial charge on any atom is 0.429 e. The molecule has 0 saturated carbocycles. The molecule has 0 saturated heterocycles. The lowest BCUT2D eigenvalue weighted by Gasteiger charge is -2.39. The SMILES string of the molecule is Cc1cc(C)c(C(=O)[P+](=O)C2C=CC=CC2(Cc2ccccc2)N(C)C)c(C)c1. The first-order valence-corrected chi connectivity index (χ1v) is 11.2. The average Bonchev–Trinajstić information content (AvgIpc) is 2.67. The number of benzene rings is 2. The van der Waals surface area contributed by atoms with Gasteiger partial charge in [0.15, 0.2) is 0 Å². The molecule has 3 atom stereocenters. The highest BCUT2D eigenvalue weighted by molar-refractivity contribution is 7.65. The summed E-state index contributed by atoms with van der Waals surface area (Å²) in [7, 11) is 1.83. The fourth-order valence-corrected chi connectivity index (χ4v) is 6.25. The van der Waals surface area contributed by atoms with E-state index >= 15 is 0 Å². The number of hydrogen-bond acceptors (Lipinski definition) is 3. The molecule has 0 spiro atoms. The van der Waals surface area contributed by atoms with Crippen LogP contribution in [0.5, 0.6) is 0 Å². The third kappa shape index (κ3) is 4.17. The Balaban J connectivity index is 2.02. The lowest BCUT2D eigenvalue weighted by Crippen LogP contribution is -2.53. The number of likely N-dealkylation sites (N-methyl/N-ethyl adjacent to an activating group) is 1. The monoisotopic (exact) mass is 406 g/mol. The van der Waals surface area contributed by atoms with E-state index in [0.717, 1.165) is 22.3 Å². The minimum absolute atomic E-state index is 0.251. The van der Waals surface area contributed by atoms with Gasteiger partial charge < -0.3 is 0 Å². The summed E-state index contributed by atoms with van der Waals surface area (Å²) in [6.45, 7) is 5.87. The first kappa shape index (κ1) is 21.4. The number of carbonyl (C=O) groups is 1. The molecule has 0 bridgehead atoms. The molecular formula is C25H29NO2P+. The smallest absolute Gasteiger partial charge is 0.296 e. The van der Waals surface area contributed by atoms with E-state index in [1.54, 1.807) is 0 Å². The van der Waals surface area contributed by atoms with Crippen molar-refractivity contribution >= 4 is 13.3 Å². The van der Waals surface area contributed by atoms with Crippen molar-refractivity contribution in [2.24, 2.45) is 0 Å². The third-order valence-corrected chi connectivity index (χ3v) is 7.56. The molecule has 3 unspecified atom stereocenters. The number of carbonyl (C=O) groups excluding carboxylic acids is 1. The highest BCUT2D eigenvalue weighted by Gasteiger charge is 2.53. The molecule has 4 heteroatoms. The van der Waals surface area contributed by atoms with Crippen molar-refractivity contribution in [2.45, 2.75) is 38.4 Å². The molecule has 0 radical (unpaired) electrons. The minimum atomic E-state index is -2.16. The van der Waals surface area contributed by atoms with Crippen LogP contribution in [0.1, 0.15) is 32.6 Å². The number of nitrogens with zero attached hydrogens (tertiary/aromatic N) is 1. The van der Waals surface area contributed by atoms with Crippen molar-refractivity contribution in [3.05, 3.63) is 94.6 Å². The molecule has 0 fully saturated rings. The topological polar surface area (TPSA) is 37.4 Å². The van der Waals surface area contributed by atoms with Gasteiger partial charge in [-0.25, -0.2) is 4.79 Å². The summed E-state index contributed by atoms with van der Waals surface area (Å²) in [6, 6.07) is 14.2. The van der Waals surface area contributed by atoms with Gasteiger partial charge in [-0.2, -0.15) is 0 Å². The summed E-state index contributed by atoms with van der Waals surface area (Å²) in [5.41, 5.74) is 3.49. The standard InChI is InChI=1S/C25H29NO2P/c1-18-15-19(2)23(20(3)16-18)24(27)29(28)22-13-9-10-14-25(22,26(4)5)17-21-11-7-6-8-12-21/h6-16,22H,17H2,1-5H3/q+1. The second-order valence-electron chi connectivity index (χ2n) is 8.14. The van der Waals surface area contributed by atoms with Gasteiger partial charge >= 0.3 is 13.3 Å². The van der Waals surface area contributed by atoms with Crippen LogP contribution in [-0.4, -0.2) is 35.7 Å². The molecule has 3 nitrogen and oxygen atoms in total. The molecule has 0 heterocycles.